The first-order valence-corrected chi connectivity index (χ1v) is 10.1. The fraction of sp³-hybridized carbons (Fsp3) is 0.167. The molecule has 1 aromatic heterocycles. The largest absolute Gasteiger partial charge is 0.493 e. The number of hydrogen-bond donors (Lipinski definition) is 0. The van der Waals surface area contributed by atoms with Crippen LogP contribution in [0.15, 0.2) is 65.7 Å². The number of halogens is 2. The summed E-state index contributed by atoms with van der Waals surface area (Å²) in [5.41, 5.74) is 1.95. The predicted molar refractivity (Wildman–Crippen MR) is 120 cm³/mol. The van der Waals surface area contributed by atoms with Gasteiger partial charge in [0, 0.05) is 6.07 Å². The Morgan fingerprint density at radius 2 is 1.62 bits per heavy atom. The van der Waals surface area contributed by atoms with Crippen LogP contribution in [0.4, 0.5) is 4.39 Å². The topological polar surface area (TPSA) is 62.6 Å². The van der Waals surface area contributed by atoms with E-state index in [0.29, 0.717) is 33.2 Å². The molecule has 0 amide bonds. The van der Waals surface area contributed by atoms with E-state index in [4.69, 9.17) is 25.8 Å². The van der Waals surface area contributed by atoms with E-state index in [1.165, 1.54) is 37.2 Å². The Labute approximate surface area is 188 Å². The average molecular weight is 455 g/mol. The van der Waals surface area contributed by atoms with Crippen LogP contribution < -0.4 is 19.8 Å². The number of rotatable bonds is 7. The van der Waals surface area contributed by atoms with Gasteiger partial charge in [-0.05, 0) is 41.5 Å². The third-order valence-corrected chi connectivity index (χ3v) is 5.28. The zero-order valence-electron chi connectivity index (χ0n) is 17.5. The lowest BCUT2D eigenvalue weighted by Crippen LogP contribution is -2.21. The molecule has 4 rings (SSSR count). The number of ether oxygens (including phenoxy) is 3. The monoisotopic (exact) mass is 454 g/mol. The third-order valence-electron chi connectivity index (χ3n) is 4.99. The first-order valence-electron chi connectivity index (χ1n) is 9.75. The molecule has 0 N–H and O–H groups in total. The lowest BCUT2D eigenvalue weighted by molar-refractivity contribution is 0.306. The highest BCUT2D eigenvalue weighted by Gasteiger charge is 2.12. The van der Waals surface area contributed by atoms with Crippen molar-refractivity contribution in [2.24, 2.45) is 0 Å². The van der Waals surface area contributed by atoms with E-state index < -0.39 is 0 Å². The van der Waals surface area contributed by atoms with Crippen molar-refractivity contribution in [3.8, 4) is 17.2 Å². The fourth-order valence-corrected chi connectivity index (χ4v) is 3.55. The van der Waals surface area contributed by atoms with Gasteiger partial charge in [-0.15, -0.1) is 0 Å². The van der Waals surface area contributed by atoms with Gasteiger partial charge in [0.05, 0.1) is 43.0 Å². The van der Waals surface area contributed by atoms with E-state index in [1.807, 2.05) is 6.07 Å². The van der Waals surface area contributed by atoms with Crippen LogP contribution in [0.3, 0.4) is 0 Å². The quantitative estimate of drug-likeness (QED) is 0.400. The minimum absolute atomic E-state index is 0.205. The van der Waals surface area contributed by atoms with Crippen LogP contribution in [0.5, 0.6) is 17.2 Å². The summed E-state index contributed by atoms with van der Waals surface area (Å²) >= 11 is 6.38. The van der Waals surface area contributed by atoms with Gasteiger partial charge in [0.15, 0.2) is 11.5 Å². The van der Waals surface area contributed by atoms with Gasteiger partial charge in [0.25, 0.3) is 5.56 Å². The Morgan fingerprint density at radius 3 is 2.31 bits per heavy atom. The van der Waals surface area contributed by atoms with Crippen molar-refractivity contribution in [1.29, 1.82) is 0 Å². The Balaban J connectivity index is 1.54. The Morgan fingerprint density at radius 1 is 0.938 bits per heavy atom. The second kappa shape index (κ2) is 9.28. The van der Waals surface area contributed by atoms with E-state index in [1.54, 1.807) is 36.4 Å². The van der Waals surface area contributed by atoms with Crippen LogP contribution in [0.25, 0.3) is 10.9 Å². The van der Waals surface area contributed by atoms with Crippen LogP contribution >= 0.6 is 11.6 Å². The van der Waals surface area contributed by atoms with Crippen molar-refractivity contribution in [2.45, 2.75) is 13.2 Å². The predicted octanol–water partition coefficient (Wildman–Crippen LogP) is 4.83. The van der Waals surface area contributed by atoms with E-state index in [9.17, 15) is 9.18 Å². The number of hydrogen-bond acceptors (Lipinski definition) is 5. The molecule has 0 saturated carbocycles. The molecule has 0 unspecified atom stereocenters. The van der Waals surface area contributed by atoms with Crippen molar-refractivity contribution in [3.05, 3.63) is 93.2 Å². The summed E-state index contributed by atoms with van der Waals surface area (Å²) < 4.78 is 30.8. The highest BCUT2D eigenvalue weighted by Crippen LogP contribution is 2.30. The summed E-state index contributed by atoms with van der Waals surface area (Å²) in [4.78, 5) is 17.4. The van der Waals surface area contributed by atoms with Gasteiger partial charge in [0.2, 0.25) is 0 Å². The summed E-state index contributed by atoms with van der Waals surface area (Å²) in [6.45, 7) is 0.548. The standard InChI is InChI=1S/C24H20ClFN2O4/c1-30-22-10-18-20(11-23(22)31-2)27-14-28(24(18)29)12-16-5-8-21(19(25)9-16)32-13-15-3-6-17(26)7-4-15/h3-11,14H,12-13H2,1-2H3. The second-order valence-corrected chi connectivity index (χ2v) is 7.49. The smallest absolute Gasteiger partial charge is 0.261 e. The maximum absolute atomic E-state index is 13.0. The molecule has 8 heteroatoms. The van der Waals surface area contributed by atoms with Crippen LogP contribution in [0, 0.1) is 5.82 Å². The van der Waals surface area contributed by atoms with Crippen LogP contribution in [0.1, 0.15) is 11.1 Å². The van der Waals surface area contributed by atoms with Crippen LogP contribution in [0.2, 0.25) is 5.02 Å². The lowest BCUT2D eigenvalue weighted by atomic mass is 10.2. The molecular formula is C24H20ClFN2O4. The molecule has 0 aliphatic rings. The van der Waals surface area contributed by atoms with Gasteiger partial charge in [-0.25, -0.2) is 9.37 Å². The fourth-order valence-electron chi connectivity index (χ4n) is 3.30. The molecule has 0 radical (unpaired) electrons. The maximum atomic E-state index is 13.0. The van der Waals surface area contributed by atoms with Crippen molar-refractivity contribution in [3.63, 3.8) is 0 Å². The third kappa shape index (κ3) is 4.53. The molecule has 3 aromatic carbocycles. The van der Waals surface area contributed by atoms with E-state index in [0.717, 1.165) is 11.1 Å². The number of benzene rings is 3. The zero-order valence-corrected chi connectivity index (χ0v) is 18.2. The van der Waals surface area contributed by atoms with E-state index in [2.05, 4.69) is 4.98 Å². The molecule has 1 heterocycles. The van der Waals surface area contributed by atoms with Crippen LogP contribution in [-0.2, 0) is 13.2 Å². The minimum Gasteiger partial charge on any atom is -0.493 e. The maximum Gasteiger partial charge on any atom is 0.261 e. The molecule has 0 bridgehead atoms. The number of methoxy groups -OCH3 is 2. The summed E-state index contributed by atoms with van der Waals surface area (Å²) in [7, 11) is 3.04. The summed E-state index contributed by atoms with van der Waals surface area (Å²) in [6.07, 6.45) is 1.49. The Bertz CT molecular complexity index is 1320. The average Bonchev–Trinajstić information content (AvgIpc) is 2.80. The normalized spacial score (nSPS) is 10.9. The summed E-state index contributed by atoms with van der Waals surface area (Å²) in [6, 6.07) is 14.7. The molecule has 32 heavy (non-hydrogen) atoms. The number of aromatic nitrogens is 2. The molecule has 0 atom stereocenters. The lowest BCUT2D eigenvalue weighted by Gasteiger charge is -2.12. The molecule has 4 aromatic rings. The first-order chi connectivity index (χ1) is 15.5. The SMILES string of the molecule is COc1cc2ncn(Cc3ccc(OCc4ccc(F)cc4)c(Cl)c3)c(=O)c2cc1OC. The van der Waals surface area contributed by atoms with Crippen molar-refractivity contribution in [2.75, 3.05) is 14.2 Å². The highest BCUT2D eigenvalue weighted by atomic mass is 35.5. The van der Waals surface area contributed by atoms with Crippen molar-refractivity contribution >= 4 is 22.5 Å². The Kier molecular flexibility index (Phi) is 6.28. The van der Waals surface area contributed by atoms with E-state index in [-0.39, 0.29) is 24.5 Å². The molecular weight excluding hydrogens is 435 g/mol. The molecule has 0 spiro atoms. The summed E-state index contributed by atoms with van der Waals surface area (Å²) in [5, 5.41) is 0.841. The number of fused-ring (bicyclic) bond motifs is 1. The molecule has 0 aliphatic heterocycles. The van der Waals surface area contributed by atoms with Gasteiger partial charge in [-0.1, -0.05) is 29.8 Å². The second-order valence-electron chi connectivity index (χ2n) is 7.08. The Hall–Kier alpha value is -3.58. The van der Waals surface area contributed by atoms with Gasteiger partial charge < -0.3 is 14.2 Å². The van der Waals surface area contributed by atoms with E-state index >= 15 is 0 Å². The van der Waals surface area contributed by atoms with Gasteiger partial charge in [-0.3, -0.25) is 9.36 Å². The molecule has 6 nitrogen and oxygen atoms in total. The van der Waals surface area contributed by atoms with Crippen molar-refractivity contribution in [1.82, 2.24) is 9.55 Å². The first kappa shape index (κ1) is 21.6. The highest BCUT2D eigenvalue weighted by molar-refractivity contribution is 6.32. The van der Waals surface area contributed by atoms with Crippen LogP contribution in [-0.4, -0.2) is 23.8 Å². The van der Waals surface area contributed by atoms with Gasteiger partial charge in [-0.2, -0.15) is 0 Å². The van der Waals surface area contributed by atoms with Gasteiger partial charge in [0.1, 0.15) is 18.2 Å². The molecule has 164 valence electrons. The zero-order chi connectivity index (χ0) is 22.7. The molecule has 0 saturated heterocycles. The minimum atomic E-state index is -0.299. The van der Waals surface area contributed by atoms with Gasteiger partial charge >= 0.3 is 0 Å². The molecule has 0 aliphatic carbocycles. The van der Waals surface area contributed by atoms with Crippen molar-refractivity contribution < 1.29 is 18.6 Å². The number of nitrogens with zero attached hydrogens (tertiary/aromatic N) is 2. The summed E-state index contributed by atoms with van der Waals surface area (Å²) in [5.74, 6) is 1.17. The molecule has 0 fully saturated rings.